The number of anilines is 1. The van der Waals surface area contributed by atoms with E-state index < -0.39 is 10.0 Å². The van der Waals surface area contributed by atoms with Crippen LogP contribution in [0.15, 0.2) is 23.1 Å². The van der Waals surface area contributed by atoms with Gasteiger partial charge in [-0.3, -0.25) is 9.89 Å². The van der Waals surface area contributed by atoms with E-state index in [4.69, 9.17) is 11.6 Å². The molecule has 3 heterocycles. The van der Waals surface area contributed by atoms with Crippen molar-refractivity contribution >= 4 is 33.2 Å². The van der Waals surface area contributed by atoms with Crippen LogP contribution in [0, 0.1) is 26.7 Å². The van der Waals surface area contributed by atoms with Crippen molar-refractivity contribution in [2.24, 2.45) is 5.92 Å². The van der Waals surface area contributed by atoms with Gasteiger partial charge < -0.3 is 9.80 Å². The fourth-order valence-electron chi connectivity index (χ4n) is 4.76. The molecule has 1 amide bonds. The lowest BCUT2D eigenvalue weighted by Gasteiger charge is -2.40. The van der Waals surface area contributed by atoms with Gasteiger partial charge in [0.15, 0.2) is 0 Å². The Hall–Kier alpha value is -2.10. The standard InChI is InChI=1S/C22H30ClN5O3S/c1-15-6-7-19(23)13-20(15)26-9-11-27(12-10-26)22(29)18-5-4-8-28(14-18)32(30,31)21-16(2)24-25-17(21)3/h6-7,13,18H,4-5,8-12,14H2,1-3H3,(H,24,25). The first-order valence-corrected chi connectivity index (χ1v) is 12.8. The highest BCUT2D eigenvalue weighted by Gasteiger charge is 2.37. The normalized spacial score (nSPS) is 20.6. The number of nitrogens with zero attached hydrogens (tertiary/aromatic N) is 4. The summed E-state index contributed by atoms with van der Waals surface area (Å²) < 4.78 is 27.9. The van der Waals surface area contributed by atoms with E-state index in [2.05, 4.69) is 22.0 Å². The van der Waals surface area contributed by atoms with E-state index >= 15 is 0 Å². The summed E-state index contributed by atoms with van der Waals surface area (Å²) in [4.78, 5) is 17.6. The number of aromatic nitrogens is 2. The number of carbonyl (C=O) groups excluding carboxylic acids is 1. The number of H-pyrrole nitrogens is 1. The lowest BCUT2D eigenvalue weighted by molar-refractivity contribution is -0.137. The third-order valence-electron chi connectivity index (χ3n) is 6.49. The molecule has 0 spiro atoms. The molecule has 8 nitrogen and oxygen atoms in total. The van der Waals surface area contributed by atoms with Crippen molar-refractivity contribution in [3.8, 4) is 0 Å². The maximum atomic E-state index is 13.3. The zero-order chi connectivity index (χ0) is 23.0. The van der Waals surface area contributed by atoms with Gasteiger partial charge in [0.05, 0.1) is 17.3 Å². The molecule has 1 aromatic heterocycles. The molecular formula is C22H30ClN5O3S. The largest absolute Gasteiger partial charge is 0.368 e. The molecule has 1 N–H and O–H groups in total. The van der Waals surface area contributed by atoms with Crippen LogP contribution in [0.5, 0.6) is 0 Å². The van der Waals surface area contributed by atoms with Crippen LogP contribution in [-0.4, -0.2) is 73.0 Å². The first kappa shape index (κ1) is 23.1. The second kappa shape index (κ2) is 9.03. The third kappa shape index (κ3) is 4.38. The van der Waals surface area contributed by atoms with Crippen LogP contribution >= 0.6 is 11.6 Å². The molecule has 0 saturated carbocycles. The summed E-state index contributed by atoms with van der Waals surface area (Å²) in [6.45, 7) is 8.80. The highest BCUT2D eigenvalue weighted by Crippen LogP contribution is 2.29. The molecule has 32 heavy (non-hydrogen) atoms. The topological polar surface area (TPSA) is 89.6 Å². The summed E-state index contributed by atoms with van der Waals surface area (Å²) >= 11 is 6.17. The first-order chi connectivity index (χ1) is 15.2. The van der Waals surface area contributed by atoms with Crippen molar-refractivity contribution in [1.29, 1.82) is 0 Å². The molecule has 0 aliphatic carbocycles. The maximum Gasteiger partial charge on any atom is 0.246 e. The molecule has 2 aliphatic heterocycles. The van der Waals surface area contributed by atoms with Crippen LogP contribution in [-0.2, 0) is 14.8 Å². The number of hydrogen-bond donors (Lipinski definition) is 1. The van der Waals surface area contributed by atoms with E-state index in [9.17, 15) is 13.2 Å². The van der Waals surface area contributed by atoms with Crippen LogP contribution in [0.4, 0.5) is 5.69 Å². The number of piperazine rings is 1. The van der Waals surface area contributed by atoms with Gasteiger partial charge in [-0.05, 0) is 51.3 Å². The smallest absolute Gasteiger partial charge is 0.246 e. The minimum absolute atomic E-state index is 0.0491. The van der Waals surface area contributed by atoms with Gasteiger partial charge in [0, 0.05) is 50.0 Å². The summed E-state index contributed by atoms with van der Waals surface area (Å²) in [5, 5.41) is 7.48. The number of amides is 1. The van der Waals surface area contributed by atoms with Crippen LogP contribution < -0.4 is 4.90 Å². The number of sulfonamides is 1. The summed E-state index contributed by atoms with van der Waals surface area (Å²) in [7, 11) is -3.68. The summed E-state index contributed by atoms with van der Waals surface area (Å²) in [5.41, 5.74) is 3.25. The Morgan fingerprint density at radius 1 is 1.12 bits per heavy atom. The number of aryl methyl sites for hydroxylation is 3. The maximum absolute atomic E-state index is 13.3. The van der Waals surface area contributed by atoms with E-state index in [1.807, 2.05) is 23.1 Å². The van der Waals surface area contributed by atoms with Crippen molar-refractivity contribution in [2.45, 2.75) is 38.5 Å². The van der Waals surface area contributed by atoms with Crippen molar-refractivity contribution in [3.05, 3.63) is 40.2 Å². The number of nitrogens with one attached hydrogen (secondary N) is 1. The van der Waals surface area contributed by atoms with E-state index in [-0.39, 0.29) is 23.3 Å². The van der Waals surface area contributed by atoms with Crippen molar-refractivity contribution < 1.29 is 13.2 Å². The number of halogens is 1. The van der Waals surface area contributed by atoms with Gasteiger partial charge in [0.1, 0.15) is 4.90 Å². The van der Waals surface area contributed by atoms with Crippen molar-refractivity contribution in [2.75, 3.05) is 44.2 Å². The Bertz CT molecular complexity index is 1090. The Balaban J connectivity index is 1.41. The number of aromatic amines is 1. The molecule has 2 aromatic rings. The highest BCUT2D eigenvalue weighted by atomic mass is 35.5. The molecule has 0 radical (unpaired) electrons. The van der Waals surface area contributed by atoms with Gasteiger partial charge in [-0.1, -0.05) is 17.7 Å². The molecule has 174 valence electrons. The van der Waals surface area contributed by atoms with Gasteiger partial charge in [0.25, 0.3) is 0 Å². The second-order valence-electron chi connectivity index (χ2n) is 8.71. The third-order valence-corrected chi connectivity index (χ3v) is 8.86. The van der Waals surface area contributed by atoms with Crippen LogP contribution in [0.1, 0.15) is 29.8 Å². The lowest BCUT2D eigenvalue weighted by atomic mass is 9.97. The number of carbonyl (C=O) groups is 1. The molecule has 1 unspecified atom stereocenters. The Morgan fingerprint density at radius 3 is 2.50 bits per heavy atom. The molecule has 0 bridgehead atoms. The van der Waals surface area contributed by atoms with Gasteiger partial charge in [-0.2, -0.15) is 9.40 Å². The second-order valence-corrected chi connectivity index (χ2v) is 11.0. The van der Waals surface area contributed by atoms with Crippen LogP contribution in [0.2, 0.25) is 5.02 Å². The lowest BCUT2D eigenvalue weighted by Crippen LogP contribution is -2.53. The van der Waals surface area contributed by atoms with Gasteiger partial charge in [-0.15, -0.1) is 0 Å². The molecule has 2 aliphatic rings. The van der Waals surface area contributed by atoms with Crippen molar-refractivity contribution in [1.82, 2.24) is 19.4 Å². The Morgan fingerprint density at radius 2 is 1.84 bits per heavy atom. The van der Waals surface area contributed by atoms with E-state index in [1.165, 1.54) is 4.31 Å². The van der Waals surface area contributed by atoms with E-state index in [0.717, 1.165) is 24.3 Å². The summed E-state index contributed by atoms with van der Waals surface area (Å²) in [6.07, 6.45) is 1.38. The monoisotopic (exact) mass is 479 g/mol. The molecule has 2 fully saturated rings. The average Bonchev–Trinajstić information content (AvgIpc) is 3.14. The fourth-order valence-corrected chi connectivity index (χ4v) is 6.78. The first-order valence-electron chi connectivity index (χ1n) is 11.0. The molecule has 1 aromatic carbocycles. The molecule has 2 saturated heterocycles. The highest BCUT2D eigenvalue weighted by molar-refractivity contribution is 7.89. The van der Waals surface area contributed by atoms with Crippen LogP contribution in [0.3, 0.4) is 0 Å². The fraction of sp³-hybridized carbons (Fsp3) is 0.545. The molecule has 4 rings (SSSR count). The molecular weight excluding hydrogens is 450 g/mol. The zero-order valence-corrected chi connectivity index (χ0v) is 20.3. The summed E-state index contributed by atoms with van der Waals surface area (Å²) in [5.74, 6) is -0.265. The SMILES string of the molecule is Cc1ccc(Cl)cc1N1CCN(C(=O)C2CCCN(S(=O)(=O)c3c(C)n[nH]c3C)C2)CC1. The number of rotatable bonds is 4. The molecule has 10 heteroatoms. The van der Waals surface area contributed by atoms with Gasteiger partial charge in [0.2, 0.25) is 15.9 Å². The van der Waals surface area contributed by atoms with Gasteiger partial charge in [-0.25, -0.2) is 8.42 Å². The predicted molar refractivity (Wildman–Crippen MR) is 125 cm³/mol. The minimum atomic E-state index is -3.68. The number of piperidine rings is 1. The van der Waals surface area contributed by atoms with E-state index in [1.54, 1.807) is 13.8 Å². The minimum Gasteiger partial charge on any atom is -0.368 e. The Labute approximate surface area is 194 Å². The quantitative estimate of drug-likeness (QED) is 0.728. The Kier molecular flexibility index (Phi) is 6.51. The predicted octanol–water partition coefficient (Wildman–Crippen LogP) is 2.74. The number of hydrogen-bond acceptors (Lipinski definition) is 5. The van der Waals surface area contributed by atoms with Crippen molar-refractivity contribution in [3.63, 3.8) is 0 Å². The van der Waals surface area contributed by atoms with Crippen LogP contribution in [0.25, 0.3) is 0 Å². The molecule has 1 atom stereocenters. The van der Waals surface area contributed by atoms with E-state index in [0.29, 0.717) is 48.9 Å². The number of benzene rings is 1. The van der Waals surface area contributed by atoms with Gasteiger partial charge >= 0.3 is 0 Å². The zero-order valence-electron chi connectivity index (χ0n) is 18.8. The average molecular weight is 480 g/mol. The summed E-state index contributed by atoms with van der Waals surface area (Å²) in [6, 6.07) is 5.86.